The Labute approximate surface area is 183 Å². The van der Waals surface area contributed by atoms with Gasteiger partial charge in [0.2, 0.25) is 5.82 Å². The second-order valence-electron chi connectivity index (χ2n) is 8.11. The molecule has 1 N–H and O–H groups in total. The fraction of sp³-hybridized carbons (Fsp3) is 0.500. The Kier molecular flexibility index (Phi) is 8.18. The van der Waals surface area contributed by atoms with E-state index in [9.17, 15) is 23.2 Å². The third kappa shape index (κ3) is 6.41. The van der Waals surface area contributed by atoms with Crippen molar-refractivity contribution in [3.8, 4) is 5.75 Å². The first-order valence-electron chi connectivity index (χ1n) is 10.1. The number of carbonyl (C=O) groups is 2. The number of halogens is 2. The number of hydrogen-bond donors (Lipinski definition) is 1. The van der Waals surface area contributed by atoms with Crippen LogP contribution in [0.5, 0.6) is 5.75 Å². The van der Waals surface area contributed by atoms with Gasteiger partial charge in [0.25, 0.3) is 0 Å². The Morgan fingerprint density at radius 2 is 1.88 bits per heavy atom. The largest absolute Gasteiger partial charge is 0.488 e. The summed E-state index contributed by atoms with van der Waals surface area (Å²) in [5, 5.41) is 2.59. The van der Waals surface area contributed by atoms with Gasteiger partial charge in [0.15, 0.2) is 17.1 Å². The van der Waals surface area contributed by atoms with Crippen LogP contribution in [0, 0.1) is 18.6 Å². The molecule has 2 rings (SSSR count). The smallest absolute Gasteiger partial charge is 0.407 e. The van der Waals surface area contributed by atoms with Crippen molar-refractivity contribution >= 4 is 23.0 Å². The molecule has 0 fully saturated rings. The normalized spacial score (nSPS) is 11.3. The molecule has 0 aliphatic heterocycles. The molecule has 0 atom stereocenters. The number of hydrogen-bond acceptors (Lipinski definition) is 7. The highest BCUT2D eigenvalue weighted by atomic mass is 19.1. The van der Waals surface area contributed by atoms with E-state index in [1.807, 2.05) is 0 Å². The molecule has 1 aromatic heterocycles. The molecule has 0 bridgehead atoms. The number of ether oxygens (including phenoxy) is 3. The van der Waals surface area contributed by atoms with Crippen LogP contribution in [0.4, 0.5) is 13.6 Å². The van der Waals surface area contributed by atoms with Crippen LogP contribution < -0.4 is 15.7 Å². The van der Waals surface area contributed by atoms with Crippen LogP contribution in [0.15, 0.2) is 15.3 Å². The minimum Gasteiger partial charge on any atom is -0.488 e. The maximum Gasteiger partial charge on any atom is 0.407 e. The SMILES string of the molecule is COC(=O)Cc1c(C)c2cc(F)c(OCCCCNC(=O)OC(C)(C)C)c(F)c2oc1=O. The minimum atomic E-state index is -1.14. The van der Waals surface area contributed by atoms with Crippen molar-refractivity contribution < 1.29 is 37.0 Å². The number of benzene rings is 1. The number of methoxy groups -OCH3 is 1. The number of nitrogens with one attached hydrogen (secondary N) is 1. The van der Waals surface area contributed by atoms with Crippen LogP contribution in [0.25, 0.3) is 11.0 Å². The molecule has 0 aliphatic rings. The summed E-state index contributed by atoms with van der Waals surface area (Å²) in [6.07, 6.45) is -0.0454. The highest BCUT2D eigenvalue weighted by Crippen LogP contribution is 2.32. The number of fused-ring (bicyclic) bond motifs is 1. The Bertz CT molecular complexity index is 1060. The molecule has 10 heteroatoms. The lowest BCUT2D eigenvalue weighted by atomic mass is 10.0. The van der Waals surface area contributed by atoms with Gasteiger partial charge in [0.05, 0.1) is 25.7 Å². The predicted molar refractivity (Wildman–Crippen MR) is 112 cm³/mol. The summed E-state index contributed by atoms with van der Waals surface area (Å²) in [6, 6.07) is 0.997. The number of carbonyl (C=O) groups excluding carboxylic acids is 2. The lowest BCUT2D eigenvalue weighted by molar-refractivity contribution is -0.139. The van der Waals surface area contributed by atoms with Crippen molar-refractivity contribution in [2.45, 2.75) is 52.6 Å². The molecule has 0 spiro atoms. The average Bonchev–Trinajstić information content (AvgIpc) is 2.69. The summed E-state index contributed by atoms with van der Waals surface area (Å²) in [7, 11) is 1.16. The van der Waals surface area contributed by atoms with E-state index in [1.54, 1.807) is 20.8 Å². The molecule has 0 radical (unpaired) electrons. The Morgan fingerprint density at radius 3 is 2.50 bits per heavy atom. The lowest BCUT2D eigenvalue weighted by Gasteiger charge is -2.19. The van der Waals surface area contributed by atoms with Gasteiger partial charge in [-0.05, 0) is 52.2 Å². The van der Waals surface area contributed by atoms with E-state index in [1.165, 1.54) is 6.92 Å². The average molecular weight is 455 g/mol. The van der Waals surface area contributed by atoms with E-state index >= 15 is 0 Å². The maximum absolute atomic E-state index is 14.8. The zero-order valence-electron chi connectivity index (χ0n) is 18.7. The summed E-state index contributed by atoms with van der Waals surface area (Å²) in [5.41, 5.74) is -1.78. The molecule has 0 saturated carbocycles. The summed E-state index contributed by atoms with van der Waals surface area (Å²) >= 11 is 0. The molecule has 1 heterocycles. The van der Waals surface area contributed by atoms with E-state index in [0.717, 1.165) is 13.2 Å². The van der Waals surface area contributed by atoms with Crippen molar-refractivity contribution in [2.75, 3.05) is 20.3 Å². The third-order valence-corrected chi connectivity index (χ3v) is 4.46. The van der Waals surface area contributed by atoms with E-state index < -0.39 is 46.3 Å². The minimum absolute atomic E-state index is 0.0208. The van der Waals surface area contributed by atoms with Crippen LogP contribution in [-0.2, 0) is 20.7 Å². The number of esters is 1. The van der Waals surface area contributed by atoms with Crippen molar-refractivity contribution in [1.82, 2.24) is 5.32 Å². The maximum atomic E-state index is 14.8. The van der Waals surface area contributed by atoms with Crippen molar-refractivity contribution in [1.29, 1.82) is 0 Å². The lowest BCUT2D eigenvalue weighted by Crippen LogP contribution is -2.33. The van der Waals surface area contributed by atoms with Gasteiger partial charge in [-0.2, -0.15) is 4.39 Å². The first-order valence-corrected chi connectivity index (χ1v) is 10.1. The number of rotatable bonds is 8. The Morgan fingerprint density at radius 1 is 1.19 bits per heavy atom. The fourth-order valence-corrected chi connectivity index (χ4v) is 2.89. The van der Waals surface area contributed by atoms with Gasteiger partial charge in [-0.1, -0.05) is 0 Å². The molecule has 0 aliphatic carbocycles. The number of amides is 1. The summed E-state index contributed by atoms with van der Waals surface area (Å²) in [5.74, 6) is -3.46. The zero-order chi connectivity index (χ0) is 24.1. The van der Waals surface area contributed by atoms with Crippen LogP contribution in [0.2, 0.25) is 0 Å². The Hall–Kier alpha value is -3.17. The predicted octanol–water partition coefficient (Wildman–Crippen LogP) is 3.78. The number of aryl methyl sites for hydroxylation is 1. The molecule has 1 amide bonds. The van der Waals surface area contributed by atoms with Crippen LogP contribution in [-0.4, -0.2) is 37.9 Å². The second kappa shape index (κ2) is 10.4. The molecular formula is C22H27F2NO7. The van der Waals surface area contributed by atoms with E-state index in [-0.39, 0.29) is 29.5 Å². The van der Waals surface area contributed by atoms with Crippen LogP contribution in [0.1, 0.15) is 44.7 Å². The molecular weight excluding hydrogens is 428 g/mol. The van der Waals surface area contributed by atoms with Crippen LogP contribution >= 0.6 is 0 Å². The van der Waals surface area contributed by atoms with E-state index in [0.29, 0.717) is 19.4 Å². The van der Waals surface area contributed by atoms with Gasteiger partial charge in [-0.15, -0.1) is 0 Å². The molecule has 1 aromatic carbocycles. The molecule has 0 saturated heterocycles. The summed E-state index contributed by atoms with van der Waals surface area (Å²) in [6.45, 7) is 6.98. The summed E-state index contributed by atoms with van der Waals surface area (Å²) < 4.78 is 49.2. The third-order valence-electron chi connectivity index (χ3n) is 4.46. The topological polar surface area (TPSA) is 104 Å². The van der Waals surface area contributed by atoms with Crippen molar-refractivity contribution in [2.24, 2.45) is 0 Å². The van der Waals surface area contributed by atoms with Gasteiger partial charge in [-0.3, -0.25) is 4.79 Å². The molecule has 32 heavy (non-hydrogen) atoms. The summed E-state index contributed by atoms with van der Waals surface area (Å²) in [4.78, 5) is 35.3. The van der Waals surface area contributed by atoms with Crippen LogP contribution in [0.3, 0.4) is 0 Å². The van der Waals surface area contributed by atoms with Crippen molar-refractivity contribution in [3.05, 3.63) is 39.2 Å². The monoisotopic (exact) mass is 455 g/mol. The van der Waals surface area contributed by atoms with E-state index in [4.69, 9.17) is 13.9 Å². The van der Waals surface area contributed by atoms with Gasteiger partial charge < -0.3 is 23.9 Å². The fourth-order valence-electron chi connectivity index (χ4n) is 2.89. The van der Waals surface area contributed by atoms with Crippen molar-refractivity contribution in [3.63, 3.8) is 0 Å². The molecule has 0 unspecified atom stereocenters. The zero-order valence-corrected chi connectivity index (χ0v) is 18.7. The highest BCUT2D eigenvalue weighted by molar-refractivity contribution is 5.84. The first kappa shape index (κ1) is 25.1. The molecule has 176 valence electrons. The quantitative estimate of drug-likeness (QED) is 0.367. The highest BCUT2D eigenvalue weighted by Gasteiger charge is 2.22. The molecule has 8 nitrogen and oxygen atoms in total. The van der Waals surface area contributed by atoms with Gasteiger partial charge in [0, 0.05) is 11.9 Å². The van der Waals surface area contributed by atoms with Gasteiger partial charge in [-0.25, -0.2) is 14.0 Å². The standard InChI is InChI=1S/C22H27F2NO7/c1-12-13-10-15(23)19(30-9-7-6-8-25-21(28)32-22(2,3)4)17(24)18(13)31-20(27)14(12)11-16(26)29-5/h10H,6-9,11H2,1-5H3,(H,25,28). The Balaban J connectivity index is 2.06. The second-order valence-corrected chi connectivity index (χ2v) is 8.11. The van der Waals surface area contributed by atoms with E-state index in [2.05, 4.69) is 10.1 Å². The molecule has 2 aromatic rings. The van der Waals surface area contributed by atoms with Gasteiger partial charge in [0.1, 0.15) is 5.60 Å². The van der Waals surface area contributed by atoms with Gasteiger partial charge >= 0.3 is 17.7 Å². The number of alkyl carbamates (subject to hydrolysis) is 1. The number of unbranched alkanes of at least 4 members (excludes halogenated alkanes) is 1. The first-order chi connectivity index (χ1) is 14.9.